The molecule has 0 radical (unpaired) electrons. The highest BCUT2D eigenvalue weighted by Crippen LogP contribution is 2.36. The van der Waals surface area contributed by atoms with Crippen LogP contribution >= 0.6 is 0 Å². The molecule has 2 aliphatic heterocycles. The number of carbonyl (C=O) groups is 2. The number of ether oxygens (including phenoxy) is 1. The molecule has 5 heteroatoms. The number of ketones is 1. The Balaban J connectivity index is 2.12. The molecule has 96 valence electrons. The number of halogens is 1. The van der Waals surface area contributed by atoms with Gasteiger partial charge in [-0.15, -0.1) is 0 Å². The van der Waals surface area contributed by atoms with Gasteiger partial charge in [0.25, 0.3) is 0 Å². The molecule has 0 aromatic rings. The summed E-state index contributed by atoms with van der Waals surface area (Å²) in [5, 5.41) is 0. The second kappa shape index (κ2) is 3.96. The van der Waals surface area contributed by atoms with Crippen molar-refractivity contribution < 1.29 is 18.7 Å². The van der Waals surface area contributed by atoms with Crippen LogP contribution < -0.4 is 0 Å². The predicted molar refractivity (Wildman–Crippen MR) is 59.4 cm³/mol. The number of amides is 1. The first-order chi connectivity index (χ1) is 7.79. The second-order valence-corrected chi connectivity index (χ2v) is 5.76. The average Bonchev–Trinajstić information content (AvgIpc) is 2.51. The molecule has 0 aliphatic carbocycles. The third-order valence-corrected chi connectivity index (χ3v) is 3.23. The Labute approximate surface area is 100 Å². The summed E-state index contributed by atoms with van der Waals surface area (Å²) in [5.74, 6) is -0.377. The Hall–Kier alpha value is -1.13. The van der Waals surface area contributed by atoms with Crippen molar-refractivity contribution in [3.8, 4) is 0 Å². The molecule has 0 spiro atoms. The summed E-state index contributed by atoms with van der Waals surface area (Å²) < 4.78 is 19.0. The van der Waals surface area contributed by atoms with Gasteiger partial charge in [0.05, 0.1) is 6.04 Å². The van der Waals surface area contributed by atoms with Crippen LogP contribution in [-0.2, 0) is 9.53 Å². The summed E-state index contributed by atoms with van der Waals surface area (Å²) in [6.45, 7) is 5.32. The zero-order chi connectivity index (χ0) is 12.8. The maximum Gasteiger partial charge on any atom is 0.410 e. The Kier molecular flexibility index (Phi) is 2.87. The summed E-state index contributed by atoms with van der Waals surface area (Å²) in [7, 11) is 0. The molecule has 0 saturated carbocycles. The highest BCUT2D eigenvalue weighted by atomic mass is 19.1. The number of piperidine rings is 1. The van der Waals surface area contributed by atoms with E-state index in [1.807, 2.05) is 0 Å². The van der Waals surface area contributed by atoms with Crippen molar-refractivity contribution in [3.05, 3.63) is 0 Å². The Morgan fingerprint density at radius 2 is 2.06 bits per heavy atom. The minimum absolute atomic E-state index is 0.122. The molecule has 1 amide bonds. The number of carbonyl (C=O) groups excluding carboxylic acids is 2. The highest BCUT2D eigenvalue weighted by Gasteiger charge is 2.50. The number of rotatable bonds is 0. The summed E-state index contributed by atoms with van der Waals surface area (Å²) in [6.07, 6.45) is -0.675. The largest absolute Gasteiger partial charge is 0.444 e. The molecule has 2 rings (SSSR count). The van der Waals surface area contributed by atoms with E-state index in [2.05, 4.69) is 0 Å². The third kappa shape index (κ3) is 2.28. The van der Waals surface area contributed by atoms with E-state index >= 15 is 0 Å². The van der Waals surface area contributed by atoms with Crippen LogP contribution in [-0.4, -0.2) is 40.6 Å². The number of hydrogen-bond acceptors (Lipinski definition) is 3. The van der Waals surface area contributed by atoms with Crippen LogP contribution in [0.2, 0.25) is 0 Å². The highest BCUT2D eigenvalue weighted by molar-refractivity contribution is 5.87. The Bertz CT molecular complexity index is 350. The molecular weight excluding hydrogens is 225 g/mol. The zero-order valence-electron chi connectivity index (χ0n) is 10.4. The lowest BCUT2D eigenvalue weighted by atomic mass is 10.0. The number of nitrogens with zero attached hydrogens (tertiary/aromatic N) is 1. The van der Waals surface area contributed by atoms with Crippen LogP contribution in [0.25, 0.3) is 0 Å². The second-order valence-electron chi connectivity index (χ2n) is 5.76. The molecule has 2 fully saturated rings. The Morgan fingerprint density at radius 3 is 2.65 bits per heavy atom. The number of fused-ring (bicyclic) bond motifs is 2. The van der Waals surface area contributed by atoms with Gasteiger partial charge in [0.1, 0.15) is 5.60 Å². The summed E-state index contributed by atoms with van der Waals surface area (Å²) in [4.78, 5) is 24.7. The lowest BCUT2D eigenvalue weighted by Crippen LogP contribution is -2.54. The van der Waals surface area contributed by atoms with Crippen molar-refractivity contribution in [2.75, 3.05) is 0 Å². The monoisotopic (exact) mass is 243 g/mol. The first kappa shape index (κ1) is 12.3. The third-order valence-electron chi connectivity index (χ3n) is 3.23. The fourth-order valence-electron chi connectivity index (χ4n) is 2.56. The first-order valence-electron chi connectivity index (χ1n) is 5.98. The molecule has 0 aromatic carbocycles. The summed E-state index contributed by atoms with van der Waals surface area (Å²) >= 11 is 0. The maximum absolute atomic E-state index is 13.7. The van der Waals surface area contributed by atoms with E-state index in [0.717, 1.165) is 0 Å². The SMILES string of the molecule is CC(C)(C)OC(=O)N1[C@@H]2CC[C@H]1C(F)C(=O)C2. The molecule has 2 saturated heterocycles. The van der Waals surface area contributed by atoms with Crippen LogP contribution in [0.15, 0.2) is 0 Å². The zero-order valence-corrected chi connectivity index (χ0v) is 10.4. The normalized spacial score (nSPS) is 32.8. The van der Waals surface area contributed by atoms with E-state index in [4.69, 9.17) is 4.74 Å². The molecule has 1 unspecified atom stereocenters. The van der Waals surface area contributed by atoms with Gasteiger partial charge >= 0.3 is 6.09 Å². The van der Waals surface area contributed by atoms with Gasteiger partial charge in [0, 0.05) is 12.5 Å². The standard InChI is InChI=1S/C12H18FNO3/c1-12(2,3)17-11(16)14-7-4-5-8(14)10(13)9(15)6-7/h7-8,10H,4-6H2,1-3H3/t7-,8+,10?/m1/s1. The molecule has 0 aromatic heterocycles. The van der Waals surface area contributed by atoms with Gasteiger partial charge in [0.2, 0.25) is 0 Å². The average molecular weight is 243 g/mol. The van der Waals surface area contributed by atoms with Gasteiger partial charge < -0.3 is 4.74 Å². The smallest absolute Gasteiger partial charge is 0.410 e. The van der Waals surface area contributed by atoms with E-state index in [1.54, 1.807) is 20.8 Å². The van der Waals surface area contributed by atoms with Gasteiger partial charge in [-0.3, -0.25) is 9.69 Å². The molecule has 3 atom stereocenters. The topological polar surface area (TPSA) is 46.6 Å². The summed E-state index contributed by atoms with van der Waals surface area (Å²) in [6, 6.07) is -0.787. The van der Waals surface area contributed by atoms with Crippen molar-refractivity contribution in [2.45, 2.75) is 63.9 Å². The number of alkyl halides is 1. The first-order valence-corrected chi connectivity index (χ1v) is 5.98. The summed E-state index contributed by atoms with van der Waals surface area (Å²) in [5.41, 5.74) is -0.593. The van der Waals surface area contributed by atoms with Crippen molar-refractivity contribution in [2.24, 2.45) is 0 Å². The fourth-order valence-corrected chi connectivity index (χ4v) is 2.56. The van der Waals surface area contributed by atoms with E-state index in [1.165, 1.54) is 4.90 Å². The van der Waals surface area contributed by atoms with Crippen LogP contribution in [0.5, 0.6) is 0 Å². The van der Waals surface area contributed by atoms with Gasteiger partial charge in [-0.05, 0) is 33.6 Å². The molecule has 4 nitrogen and oxygen atoms in total. The molecular formula is C12H18FNO3. The minimum atomic E-state index is -1.54. The molecule has 2 bridgehead atoms. The van der Waals surface area contributed by atoms with Crippen molar-refractivity contribution in [1.82, 2.24) is 4.90 Å². The van der Waals surface area contributed by atoms with E-state index in [-0.39, 0.29) is 18.2 Å². The fraction of sp³-hybridized carbons (Fsp3) is 0.833. The molecule has 2 aliphatic rings. The van der Waals surface area contributed by atoms with Crippen molar-refractivity contribution in [3.63, 3.8) is 0 Å². The van der Waals surface area contributed by atoms with Crippen LogP contribution in [0.3, 0.4) is 0 Å². The van der Waals surface area contributed by atoms with Crippen molar-refractivity contribution >= 4 is 11.9 Å². The predicted octanol–water partition coefficient (Wildman–Crippen LogP) is 2.07. The van der Waals surface area contributed by atoms with E-state index in [9.17, 15) is 14.0 Å². The van der Waals surface area contributed by atoms with Crippen LogP contribution in [0, 0.1) is 0 Å². The molecule has 17 heavy (non-hydrogen) atoms. The Morgan fingerprint density at radius 1 is 1.41 bits per heavy atom. The van der Waals surface area contributed by atoms with Gasteiger partial charge in [-0.1, -0.05) is 0 Å². The number of Topliss-reactive ketones (excluding diaryl/α,β-unsaturated/α-hetero) is 1. The van der Waals surface area contributed by atoms with E-state index < -0.39 is 23.9 Å². The van der Waals surface area contributed by atoms with Crippen LogP contribution in [0.4, 0.5) is 9.18 Å². The van der Waals surface area contributed by atoms with E-state index in [0.29, 0.717) is 12.8 Å². The van der Waals surface area contributed by atoms with Gasteiger partial charge in [-0.2, -0.15) is 0 Å². The van der Waals surface area contributed by atoms with Crippen molar-refractivity contribution in [1.29, 1.82) is 0 Å². The molecule has 2 heterocycles. The molecule has 0 N–H and O–H groups in total. The van der Waals surface area contributed by atoms with Crippen LogP contribution in [0.1, 0.15) is 40.0 Å². The quantitative estimate of drug-likeness (QED) is 0.654. The lowest BCUT2D eigenvalue weighted by Gasteiger charge is -2.36. The number of hydrogen-bond donors (Lipinski definition) is 0. The van der Waals surface area contributed by atoms with Gasteiger partial charge in [0.15, 0.2) is 12.0 Å². The lowest BCUT2D eigenvalue weighted by molar-refractivity contribution is -0.130. The van der Waals surface area contributed by atoms with Gasteiger partial charge in [-0.25, -0.2) is 9.18 Å². The maximum atomic E-state index is 13.7. The minimum Gasteiger partial charge on any atom is -0.444 e.